The number of nitrogens with zero attached hydrogens (tertiary/aromatic N) is 1. The molecular formula is C58H116NO7P. The molecule has 0 aliphatic heterocycles. The third-order valence-electron chi connectivity index (χ3n) is 13.8. The number of allylic oxidation sites excluding steroid dienone is 1. The first-order valence-electron chi connectivity index (χ1n) is 29.4. The lowest BCUT2D eigenvalue weighted by molar-refractivity contribution is -0.872. The fraction of sp³-hybridized carbons (Fsp3) is 0.948. The average molecular weight is 971 g/mol. The summed E-state index contributed by atoms with van der Waals surface area (Å²) in [6.45, 7) is 5.80. The molecule has 0 aromatic heterocycles. The number of hydrogen-bond acceptors (Lipinski definition) is 7. The van der Waals surface area contributed by atoms with Crippen LogP contribution >= 0.6 is 7.82 Å². The Kier molecular flexibility index (Phi) is 47.3. The number of Topliss-reactive ketones (excluding diaryl/α,β-unsaturated/α-hetero) is 1. The maximum absolute atomic E-state index is 14.2. The lowest BCUT2D eigenvalue weighted by Crippen LogP contribution is -2.44. The minimum absolute atomic E-state index is 0.135. The number of unbranched alkanes of at least 4 members (excludes halogenated alkanes) is 38. The standard InChI is InChI=1S/C58H116NO7P/c1-7-10-12-14-16-18-20-22-24-26-28-30-32-34-36-38-40-42-44-46-49-55(56(48-9-3)58(51-59(4,5)6)66-67(63,64)65-53-54(61)52-60)57(62)50-47-45-43-41-39-37-35-33-31-29-27-25-23-21-19-17-15-13-11-8-2/h54,58,60-61H,7-53H2,1-6H3/t54-,58?/m1/s1. The normalized spacial score (nSPS) is 14.3. The molecule has 0 amide bonds. The molecule has 0 spiro atoms. The number of hydrogen-bond donors (Lipinski definition) is 2. The number of likely N-dealkylation sites (N-methyl/N-ethyl adjacent to an activating group) is 1. The molecule has 0 rings (SSSR count). The quantitative estimate of drug-likeness (QED) is 0.0270. The number of aliphatic hydroxyl groups excluding tert-OH is 2. The minimum atomic E-state index is -4.85. The van der Waals surface area contributed by atoms with Crippen molar-refractivity contribution in [2.24, 2.45) is 0 Å². The van der Waals surface area contributed by atoms with Gasteiger partial charge in [0.05, 0.1) is 34.4 Å². The van der Waals surface area contributed by atoms with Crippen molar-refractivity contribution in [1.82, 2.24) is 0 Å². The van der Waals surface area contributed by atoms with Gasteiger partial charge in [-0.15, -0.1) is 0 Å². The summed E-state index contributed by atoms with van der Waals surface area (Å²) in [4.78, 5) is 27.4. The number of rotatable bonds is 54. The lowest BCUT2D eigenvalue weighted by Gasteiger charge is -2.35. The molecule has 400 valence electrons. The third-order valence-corrected chi connectivity index (χ3v) is 14.8. The highest BCUT2D eigenvalue weighted by molar-refractivity contribution is 7.45. The highest BCUT2D eigenvalue weighted by atomic mass is 31.2. The molecule has 0 aromatic rings. The summed E-state index contributed by atoms with van der Waals surface area (Å²) in [7, 11) is 1.12. The van der Waals surface area contributed by atoms with Crippen LogP contribution < -0.4 is 4.89 Å². The van der Waals surface area contributed by atoms with Gasteiger partial charge in [-0.25, -0.2) is 0 Å². The predicted molar refractivity (Wildman–Crippen MR) is 287 cm³/mol. The molecule has 0 saturated carbocycles. The molecule has 2 N–H and O–H groups in total. The van der Waals surface area contributed by atoms with E-state index in [-0.39, 0.29) is 5.78 Å². The molecule has 0 aliphatic carbocycles. The van der Waals surface area contributed by atoms with Crippen LogP contribution in [0.5, 0.6) is 0 Å². The van der Waals surface area contributed by atoms with Gasteiger partial charge in [0.2, 0.25) is 0 Å². The van der Waals surface area contributed by atoms with E-state index in [0.717, 1.165) is 56.1 Å². The van der Waals surface area contributed by atoms with Gasteiger partial charge in [0.15, 0.2) is 5.78 Å². The first-order valence-corrected chi connectivity index (χ1v) is 30.8. The van der Waals surface area contributed by atoms with Gasteiger partial charge in [-0.2, -0.15) is 0 Å². The smallest absolute Gasteiger partial charge is 0.268 e. The first kappa shape index (κ1) is 66.4. The minimum Gasteiger partial charge on any atom is -0.756 e. The van der Waals surface area contributed by atoms with Crippen LogP contribution in [0, 0.1) is 0 Å². The zero-order valence-corrected chi connectivity index (χ0v) is 46.6. The van der Waals surface area contributed by atoms with Crippen LogP contribution in [0.15, 0.2) is 11.1 Å². The molecule has 3 atom stereocenters. The number of phosphoric acid groups is 1. The molecule has 67 heavy (non-hydrogen) atoms. The molecule has 0 fully saturated rings. The second-order valence-corrected chi connectivity index (χ2v) is 23.1. The van der Waals surface area contributed by atoms with Crippen LogP contribution in [-0.2, 0) is 18.4 Å². The summed E-state index contributed by atoms with van der Waals surface area (Å²) in [6.07, 6.45) is 53.1. The number of carbonyl (C=O) groups excluding carboxylic acids is 1. The van der Waals surface area contributed by atoms with Crippen molar-refractivity contribution in [1.29, 1.82) is 0 Å². The Hall–Kier alpha value is -0.600. The Morgan fingerprint density at radius 2 is 0.776 bits per heavy atom. The molecule has 9 heteroatoms. The van der Waals surface area contributed by atoms with Crippen LogP contribution in [0.3, 0.4) is 0 Å². The Morgan fingerprint density at radius 3 is 1.06 bits per heavy atom. The van der Waals surface area contributed by atoms with E-state index in [1.54, 1.807) is 0 Å². The van der Waals surface area contributed by atoms with E-state index in [2.05, 4.69) is 20.8 Å². The van der Waals surface area contributed by atoms with Gasteiger partial charge in [-0.1, -0.05) is 271 Å². The second kappa shape index (κ2) is 47.7. The van der Waals surface area contributed by atoms with Crippen molar-refractivity contribution < 1.29 is 38.0 Å². The van der Waals surface area contributed by atoms with Crippen LogP contribution in [0.25, 0.3) is 0 Å². The molecule has 0 aliphatic rings. The molecule has 2 unspecified atom stereocenters. The van der Waals surface area contributed by atoms with Crippen LogP contribution in [0.4, 0.5) is 0 Å². The second-order valence-electron chi connectivity index (χ2n) is 21.8. The van der Waals surface area contributed by atoms with Crippen LogP contribution in [0.2, 0.25) is 0 Å². The number of aliphatic hydroxyl groups is 2. The van der Waals surface area contributed by atoms with Crippen LogP contribution in [-0.4, -0.2) is 73.6 Å². The maximum atomic E-state index is 14.2. The number of quaternary nitrogens is 1. The highest BCUT2D eigenvalue weighted by Crippen LogP contribution is 2.43. The van der Waals surface area contributed by atoms with Gasteiger partial charge < -0.3 is 28.6 Å². The van der Waals surface area contributed by atoms with Crippen molar-refractivity contribution in [3.63, 3.8) is 0 Å². The highest BCUT2D eigenvalue weighted by Gasteiger charge is 2.31. The van der Waals surface area contributed by atoms with Crippen molar-refractivity contribution >= 4 is 13.6 Å². The Bertz CT molecular complexity index is 1160. The van der Waals surface area contributed by atoms with E-state index in [0.29, 0.717) is 30.3 Å². The van der Waals surface area contributed by atoms with Crippen molar-refractivity contribution in [2.75, 3.05) is 40.9 Å². The summed E-state index contributed by atoms with van der Waals surface area (Å²) >= 11 is 0. The van der Waals surface area contributed by atoms with Gasteiger partial charge >= 0.3 is 0 Å². The van der Waals surface area contributed by atoms with Crippen LogP contribution in [0.1, 0.15) is 303 Å². The first-order chi connectivity index (χ1) is 32.4. The zero-order valence-electron chi connectivity index (χ0n) is 45.7. The Balaban J connectivity index is 4.96. The van der Waals surface area contributed by atoms with Gasteiger partial charge in [-0.05, 0) is 36.8 Å². The lowest BCUT2D eigenvalue weighted by atomic mass is 9.89. The zero-order chi connectivity index (χ0) is 49.5. The van der Waals surface area contributed by atoms with E-state index >= 15 is 0 Å². The summed E-state index contributed by atoms with van der Waals surface area (Å²) in [6, 6.07) is 0. The average Bonchev–Trinajstić information content (AvgIpc) is 3.29. The third kappa shape index (κ3) is 45.0. The van der Waals surface area contributed by atoms with Gasteiger partial charge in [0, 0.05) is 6.42 Å². The summed E-state index contributed by atoms with van der Waals surface area (Å²) in [5.41, 5.74) is 1.55. The largest absolute Gasteiger partial charge is 0.756 e. The summed E-state index contributed by atoms with van der Waals surface area (Å²) < 4.78 is 24.4. The molecule has 0 saturated heterocycles. The van der Waals surface area contributed by atoms with Gasteiger partial charge in [0.1, 0.15) is 18.8 Å². The van der Waals surface area contributed by atoms with Crippen molar-refractivity contribution in [2.45, 2.75) is 315 Å². The van der Waals surface area contributed by atoms with Crippen molar-refractivity contribution in [3.8, 4) is 0 Å². The topological polar surface area (TPSA) is 116 Å². The monoisotopic (exact) mass is 970 g/mol. The van der Waals surface area contributed by atoms with E-state index < -0.39 is 33.2 Å². The molecular weight excluding hydrogens is 854 g/mol. The predicted octanol–water partition coefficient (Wildman–Crippen LogP) is 17.0. The summed E-state index contributed by atoms with van der Waals surface area (Å²) in [5.74, 6) is 0.135. The van der Waals surface area contributed by atoms with E-state index in [4.69, 9.17) is 9.05 Å². The fourth-order valence-electron chi connectivity index (χ4n) is 9.62. The maximum Gasteiger partial charge on any atom is 0.268 e. The molecule has 8 nitrogen and oxygen atoms in total. The Labute approximate surface area is 417 Å². The van der Waals surface area contributed by atoms with Gasteiger partial charge in [-0.3, -0.25) is 9.36 Å². The molecule has 0 bridgehead atoms. The molecule has 0 aromatic carbocycles. The van der Waals surface area contributed by atoms with E-state index in [9.17, 15) is 24.5 Å². The molecule has 0 heterocycles. The number of ketones is 1. The SMILES string of the molecule is CCCCCCCCCCCCCCCCCCCCCCC(=O)C(CCCCCCCCCCCCCCCCCCCCCC)=C(CCC)C(C[N+](C)(C)C)OP(=O)([O-])OC[C@H](O)CO. The van der Waals surface area contributed by atoms with Gasteiger partial charge in [0.25, 0.3) is 7.82 Å². The van der Waals surface area contributed by atoms with E-state index in [1.165, 1.54) is 218 Å². The fourth-order valence-corrected chi connectivity index (χ4v) is 10.5. The number of phosphoric ester groups is 1. The Morgan fingerprint density at radius 1 is 0.478 bits per heavy atom. The van der Waals surface area contributed by atoms with E-state index in [1.807, 2.05) is 21.1 Å². The molecule has 0 radical (unpaired) electrons. The van der Waals surface area contributed by atoms with Crippen molar-refractivity contribution in [3.05, 3.63) is 11.1 Å². The number of carbonyl (C=O) groups is 1. The summed E-state index contributed by atoms with van der Waals surface area (Å²) in [5, 5.41) is 19.0.